The van der Waals surface area contributed by atoms with E-state index in [0.29, 0.717) is 10.6 Å². The van der Waals surface area contributed by atoms with Crippen LogP contribution in [0.4, 0.5) is 13.2 Å². The number of aliphatic hydroxyl groups is 1. The molecule has 0 radical (unpaired) electrons. The van der Waals surface area contributed by atoms with Crippen LogP contribution in [0.5, 0.6) is 0 Å². The third kappa shape index (κ3) is 4.18. The highest BCUT2D eigenvalue weighted by Gasteiger charge is 2.60. The van der Waals surface area contributed by atoms with Gasteiger partial charge in [0.1, 0.15) is 0 Å². The third-order valence-corrected chi connectivity index (χ3v) is 3.41. The van der Waals surface area contributed by atoms with E-state index < -0.39 is 23.2 Å². The molecule has 1 atom stereocenters. The summed E-state index contributed by atoms with van der Waals surface area (Å²) in [6.07, 6.45) is -5.29. The maximum atomic E-state index is 13.1. The zero-order chi connectivity index (χ0) is 17.9. The lowest BCUT2D eigenvalue weighted by Crippen LogP contribution is -2.52. The summed E-state index contributed by atoms with van der Waals surface area (Å²) < 4.78 is 43.5. The normalized spacial score (nSPS) is 14.4. The summed E-state index contributed by atoms with van der Waals surface area (Å²) in [6.45, 7) is 4.08. The topological polar surface area (TPSA) is 46.5 Å². The van der Waals surface area contributed by atoms with Gasteiger partial charge in [-0.1, -0.05) is 35.7 Å². The zero-order valence-electron chi connectivity index (χ0n) is 12.8. The Balaban J connectivity index is 3.33. The largest absolute Gasteiger partial charge is 0.463 e. The van der Waals surface area contributed by atoms with Gasteiger partial charge in [-0.3, -0.25) is 0 Å². The molecule has 126 valence electrons. The van der Waals surface area contributed by atoms with Crippen LogP contribution in [0.1, 0.15) is 26.3 Å². The monoisotopic (exact) mass is 348 g/mol. The Bertz CT molecular complexity index is 644. The molecule has 0 spiro atoms. The van der Waals surface area contributed by atoms with E-state index in [1.165, 1.54) is 20.8 Å². The van der Waals surface area contributed by atoms with E-state index in [0.717, 1.165) is 0 Å². The van der Waals surface area contributed by atoms with Gasteiger partial charge in [0.2, 0.25) is 0 Å². The van der Waals surface area contributed by atoms with Crippen LogP contribution in [0.15, 0.2) is 24.3 Å². The molecule has 1 N–H and O–H groups in total. The van der Waals surface area contributed by atoms with Crippen LogP contribution in [-0.4, -0.2) is 29.5 Å². The number of benzene rings is 1. The van der Waals surface area contributed by atoms with Gasteiger partial charge < -0.3 is 9.84 Å². The van der Waals surface area contributed by atoms with Crippen molar-refractivity contribution in [1.29, 1.82) is 0 Å². The number of hydrogen-bond acceptors (Lipinski definition) is 3. The molecule has 0 aliphatic rings. The summed E-state index contributed by atoms with van der Waals surface area (Å²) >= 11 is 6.02. The highest BCUT2D eigenvalue weighted by molar-refractivity contribution is 6.31. The molecule has 1 aromatic rings. The molecule has 0 aromatic heterocycles. The lowest BCUT2D eigenvalue weighted by molar-refractivity contribution is -0.242. The second kappa shape index (κ2) is 6.81. The van der Waals surface area contributed by atoms with Gasteiger partial charge in [-0.2, -0.15) is 13.2 Å². The third-order valence-electron chi connectivity index (χ3n) is 3.08. The number of hydrogen-bond donors (Lipinski definition) is 1. The number of ether oxygens (including phenoxy) is 1. The Labute approximate surface area is 137 Å². The molecule has 0 saturated carbocycles. The van der Waals surface area contributed by atoms with E-state index >= 15 is 0 Å². The van der Waals surface area contributed by atoms with Crippen LogP contribution in [0.2, 0.25) is 5.02 Å². The van der Waals surface area contributed by atoms with Gasteiger partial charge in [0.05, 0.1) is 12.0 Å². The number of esters is 1. The molecule has 0 amide bonds. The van der Waals surface area contributed by atoms with E-state index in [-0.39, 0.29) is 6.61 Å². The Morgan fingerprint density at radius 1 is 1.26 bits per heavy atom. The van der Waals surface area contributed by atoms with Crippen molar-refractivity contribution in [3.8, 4) is 11.8 Å². The summed E-state index contributed by atoms with van der Waals surface area (Å²) in [4.78, 5) is 11.5. The summed E-state index contributed by atoms with van der Waals surface area (Å²) in [5.41, 5.74) is -4.53. The average Bonchev–Trinajstić information content (AvgIpc) is 2.44. The first-order valence-electron chi connectivity index (χ1n) is 6.71. The van der Waals surface area contributed by atoms with Crippen LogP contribution >= 0.6 is 11.6 Å². The highest BCUT2D eigenvalue weighted by atomic mass is 35.5. The standard InChI is InChI=1S/C16H16ClF3O3/c1-4-23-13(21)15(22,16(18,19)20)10-9-14(2,3)11-7-5-6-8-12(11)17/h5-8,22H,4H2,1-3H3. The summed E-state index contributed by atoms with van der Waals surface area (Å²) in [6, 6.07) is 6.50. The van der Waals surface area contributed by atoms with Crippen molar-refractivity contribution in [2.75, 3.05) is 6.61 Å². The molecular weight excluding hydrogens is 333 g/mol. The zero-order valence-corrected chi connectivity index (χ0v) is 13.5. The molecule has 1 rings (SSSR count). The Morgan fingerprint density at radius 2 is 1.83 bits per heavy atom. The summed E-state index contributed by atoms with van der Waals surface area (Å²) in [5, 5.41) is 10.0. The van der Waals surface area contributed by atoms with Crippen molar-refractivity contribution in [3.05, 3.63) is 34.9 Å². The first kappa shape index (κ1) is 19.3. The summed E-state index contributed by atoms with van der Waals surface area (Å²) in [7, 11) is 0. The first-order chi connectivity index (χ1) is 10.5. The average molecular weight is 349 g/mol. The van der Waals surface area contributed by atoms with Crippen molar-refractivity contribution in [1.82, 2.24) is 0 Å². The predicted molar refractivity (Wildman–Crippen MR) is 79.9 cm³/mol. The Hall–Kier alpha value is -1.71. The molecular formula is C16H16ClF3O3. The SMILES string of the molecule is CCOC(=O)C(O)(C#CC(C)(C)c1ccccc1Cl)C(F)(F)F. The van der Waals surface area contributed by atoms with Gasteiger partial charge in [-0.15, -0.1) is 0 Å². The van der Waals surface area contributed by atoms with Gasteiger partial charge in [0.25, 0.3) is 0 Å². The fourth-order valence-corrected chi connectivity index (χ4v) is 2.13. The molecule has 3 nitrogen and oxygen atoms in total. The molecule has 7 heteroatoms. The van der Waals surface area contributed by atoms with E-state index in [4.69, 9.17) is 11.6 Å². The number of carbonyl (C=O) groups is 1. The number of carbonyl (C=O) groups excluding carboxylic acids is 1. The first-order valence-corrected chi connectivity index (χ1v) is 7.09. The predicted octanol–water partition coefficient (Wildman–Crippen LogP) is 3.48. The minimum Gasteiger partial charge on any atom is -0.463 e. The van der Waals surface area contributed by atoms with Crippen molar-refractivity contribution < 1.29 is 27.8 Å². The highest BCUT2D eigenvalue weighted by Crippen LogP contribution is 2.33. The second-order valence-corrected chi connectivity index (χ2v) is 5.69. The fourth-order valence-electron chi connectivity index (χ4n) is 1.76. The minimum atomic E-state index is -5.29. The lowest BCUT2D eigenvalue weighted by atomic mass is 9.84. The quantitative estimate of drug-likeness (QED) is 0.672. The number of rotatable bonds is 3. The smallest absolute Gasteiger partial charge is 0.440 e. The molecule has 0 saturated heterocycles. The van der Waals surface area contributed by atoms with Crippen LogP contribution in [-0.2, 0) is 14.9 Å². The van der Waals surface area contributed by atoms with E-state index in [9.17, 15) is 23.1 Å². The van der Waals surface area contributed by atoms with Gasteiger partial charge >= 0.3 is 17.7 Å². The van der Waals surface area contributed by atoms with Gasteiger partial charge in [0, 0.05) is 5.02 Å². The molecule has 0 fully saturated rings. The number of halogens is 4. The Morgan fingerprint density at radius 3 is 2.30 bits per heavy atom. The molecule has 1 unspecified atom stereocenters. The van der Waals surface area contributed by atoms with Gasteiger partial charge in [-0.25, -0.2) is 4.79 Å². The minimum absolute atomic E-state index is 0.313. The van der Waals surface area contributed by atoms with Crippen molar-refractivity contribution in [2.45, 2.75) is 38.0 Å². The van der Waals surface area contributed by atoms with Gasteiger partial charge in [0.15, 0.2) is 0 Å². The van der Waals surface area contributed by atoms with Crippen molar-refractivity contribution in [2.24, 2.45) is 0 Å². The van der Waals surface area contributed by atoms with Crippen LogP contribution < -0.4 is 0 Å². The molecule has 0 bridgehead atoms. The molecule has 23 heavy (non-hydrogen) atoms. The second-order valence-electron chi connectivity index (χ2n) is 5.28. The molecule has 0 aliphatic carbocycles. The van der Waals surface area contributed by atoms with Crippen molar-refractivity contribution in [3.63, 3.8) is 0 Å². The maximum absolute atomic E-state index is 13.1. The van der Waals surface area contributed by atoms with Crippen LogP contribution in [0.25, 0.3) is 0 Å². The molecule has 1 aromatic carbocycles. The lowest BCUT2D eigenvalue weighted by Gasteiger charge is -2.24. The van der Waals surface area contributed by atoms with E-state index in [2.05, 4.69) is 10.7 Å². The van der Waals surface area contributed by atoms with Gasteiger partial charge in [-0.05, 0) is 38.3 Å². The van der Waals surface area contributed by atoms with Crippen molar-refractivity contribution >= 4 is 17.6 Å². The van der Waals surface area contributed by atoms with E-state index in [1.54, 1.807) is 30.2 Å². The fraction of sp³-hybridized carbons (Fsp3) is 0.438. The Kier molecular flexibility index (Phi) is 5.73. The summed E-state index contributed by atoms with van der Waals surface area (Å²) in [5.74, 6) is 2.08. The molecule has 0 heterocycles. The van der Waals surface area contributed by atoms with Crippen LogP contribution in [0.3, 0.4) is 0 Å². The van der Waals surface area contributed by atoms with Crippen LogP contribution in [0, 0.1) is 11.8 Å². The number of alkyl halides is 3. The van der Waals surface area contributed by atoms with E-state index in [1.807, 2.05) is 0 Å². The molecule has 0 aliphatic heterocycles. The maximum Gasteiger partial charge on any atom is 0.440 e.